The van der Waals surface area contributed by atoms with Gasteiger partial charge < -0.3 is 24.3 Å². The van der Waals surface area contributed by atoms with E-state index >= 15 is 0 Å². The molecule has 0 aromatic carbocycles. The van der Waals surface area contributed by atoms with Gasteiger partial charge in [0.2, 0.25) is 5.95 Å². The number of methoxy groups -OCH3 is 1. The molecule has 0 bridgehead atoms. The number of anilines is 2. The first-order valence-corrected chi connectivity index (χ1v) is 8.28. The Balaban J connectivity index is 1.53. The summed E-state index contributed by atoms with van der Waals surface area (Å²) >= 11 is 0. The van der Waals surface area contributed by atoms with Crippen LogP contribution in [-0.2, 0) is 4.74 Å². The molecule has 0 atom stereocenters. The zero-order chi connectivity index (χ0) is 17.5. The molecule has 1 saturated heterocycles. The monoisotopic (exact) mass is 346 g/mol. The first kappa shape index (κ1) is 17.2. The number of rotatable bonds is 7. The molecule has 9 heteroatoms. The van der Waals surface area contributed by atoms with Crippen LogP contribution in [0.15, 0.2) is 29.0 Å². The number of hydrogen-bond acceptors (Lipinski definition) is 8. The number of nitrogens with zero attached hydrogens (tertiary/aromatic N) is 5. The lowest BCUT2D eigenvalue weighted by atomic mass is 10.3. The molecule has 25 heavy (non-hydrogen) atoms. The lowest BCUT2D eigenvalue weighted by Crippen LogP contribution is -2.49. The smallest absolute Gasteiger partial charge is 0.289 e. The fraction of sp³-hybridized carbons (Fsp3) is 0.500. The van der Waals surface area contributed by atoms with E-state index in [-0.39, 0.29) is 5.91 Å². The van der Waals surface area contributed by atoms with Crippen molar-refractivity contribution < 1.29 is 13.9 Å². The predicted molar refractivity (Wildman–Crippen MR) is 91.6 cm³/mol. The van der Waals surface area contributed by atoms with Crippen molar-refractivity contribution in [2.75, 3.05) is 56.7 Å². The fourth-order valence-electron chi connectivity index (χ4n) is 2.63. The van der Waals surface area contributed by atoms with Crippen molar-refractivity contribution >= 4 is 17.7 Å². The van der Waals surface area contributed by atoms with E-state index < -0.39 is 0 Å². The second-order valence-corrected chi connectivity index (χ2v) is 5.67. The third kappa shape index (κ3) is 4.44. The molecule has 3 rings (SSSR count). The van der Waals surface area contributed by atoms with E-state index in [1.165, 1.54) is 6.26 Å². The normalized spacial score (nSPS) is 14.6. The molecule has 3 heterocycles. The molecule has 1 amide bonds. The maximum Gasteiger partial charge on any atom is 0.289 e. The van der Waals surface area contributed by atoms with Gasteiger partial charge in [-0.1, -0.05) is 0 Å². The second kappa shape index (κ2) is 8.43. The van der Waals surface area contributed by atoms with Gasteiger partial charge in [-0.2, -0.15) is 10.1 Å². The number of amides is 1. The second-order valence-electron chi connectivity index (χ2n) is 5.67. The molecule has 0 radical (unpaired) electrons. The van der Waals surface area contributed by atoms with Gasteiger partial charge in [0.1, 0.15) is 0 Å². The highest BCUT2D eigenvalue weighted by atomic mass is 16.5. The Morgan fingerprint density at radius 3 is 2.92 bits per heavy atom. The highest BCUT2D eigenvalue weighted by Crippen LogP contribution is 2.15. The Morgan fingerprint density at radius 1 is 1.36 bits per heavy atom. The number of aromatic nitrogens is 3. The van der Waals surface area contributed by atoms with Crippen LogP contribution in [0, 0.1) is 0 Å². The number of furan rings is 1. The van der Waals surface area contributed by atoms with Crippen molar-refractivity contribution in [3.05, 3.63) is 30.4 Å². The van der Waals surface area contributed by atoms with Gasteiger partial charge in [-0.3, -0.25) is 4.79 Å². The molecular weight excluding hydrogens is 324 g/mol. The predicted octanol–water partition coefficient (Wildman–Crippen LogP) is 0.875. The van der Waals surface area contributed by atoms with E-state index in [2.05, 4.69) is 25.4 Å². The van der Waals surface area contributed by atoms with Crippen LogP contribution in [0.2, 0.25) is 0 Å². The molecule has 1 aliphatic rings. The van der Waals surface area contributed by atoms with Crippen LogP contribution in [0.4, 0.5) is 11.8 Å². The van der Waals surface area contributed by atoms with Crippen LogP contribution in [0.1, 0.15) is 17.0 Å². The summed E-state index contributed by atoms with van der Waals surface area (Å²) in [5, 5.41) is 11.1. The highest BCUT2D eigenvalue weighted by molar-refractivity contribution is 5.91. The molecule has 0 saturated carbocycles. The minimum absolute atomic E-state index is 0.0778. The molecule has 2 aromatic heterocycles. The van der Waals surface area contributed by atoms with Crippen LogP contribution in [-0.4, -0.2) is 72.4 Å². The Morgan fingerprint density at radius 2 is 2.20 bits per heavy atom. The fourth-order valence-corrected chi connectivity index (χ4v) is 2.63. The van der Waals surface area contributed by atoms with Crippen molar-refractivity contribution in [2.45, 2.75) is 6.42 Å². The van der Waals surface area contributed by atoms with Gasteiger partial charge in [-0.25, -0.2) is 0 Å². The summed E-state index contributed by atoms with van der Waals surface area (Å²) in [6.07, 6.45) is 4.03. The molecule has 2 aromatic rings. The molecule has 1 fully saturated rings. The third-order valence-electron chi connectivity index (χ3n) is 3.98. The van der Waals surface area contributed by atoms with Crippen molar-refractivity contribution in [3.8, 4) is 0 Å². The van der Waals surface area contributed by atoms with Gasteiger partial charge in [-0.05, 0) is 18.6 Å². The van der Waals surface area contributed by atoms with Crippen LogP contribution >= 0.6 is 0 Å². The first-order valence-electron chi connectivity index (χ1n) is 8.28. The van der Waals surface area contributed by atoms with Gasteiger partial charge >= 0.3 is 0 Å². The summed E-state index contributed by atoms with van der Waals surface area (Å²) in [6.45, 7) is 4.01. The molecule has 0 unspecified atom stereocenters. The number of nitrogens with one attached hydrogen (secondary N) is 1. The molecular formula is C16H22N6O3. The van der Waals surface area contributed by atoms with Crippen LogP contribution in [0.3, 0.4) is 0 Å². The molecule has 1 aliphatic heterocycles. The maximum atomic E-state index is 12.3. The largest absolute Gasteiger partial charge is 0.459 e. The first-order chi connectivity index (χ1) is 12.3. The Kier molecular flexibility index (Phi) is 5.78. The summed E-state index contributed by atoms with van der Waals surface area (Å²) in [5.41, 5.74) is 0. The van der Waals surface area contributed by atoms with Gasteiger partial charge in [-0.15, -0.1) is 5.10 Å². The quantitative estimate of drug-likeness (QED) is 0.738. The standard InChI is InChI=1S/C16H22N6O3/c1-24-10-3-5-17-16-19-14(12-18-20-16)21-6-8-22(9-7-21)15(23)13-4-2-11-25-13/h2,4,11-12H,3,5-10H2,1H3,(H,17,19,20). The SMILES string of the molecule is COCCCNc1nncc(N2CCN(C(=O)c3ccco3)CC2)n1. The van der Waals surface area contributed by atoms with E-state index in [1.807, 2.05) is 0 Å². The van der Waals surface area contributed by atoms with Crippen molar-refractivity contribution in [3.63, 3.8) is 0 Å². The van der Waals surface area contributed by atoms with Crippen molar-refractivity contribution in [1.29, 1.82) is 0 Å². The summed E-state index contributed by atoms with van der Waals surface area (Å²) in [5.74, 6) is 1.56. The van der Waals surface area contributed by atoms with Gasteiger partial charge in [0.15, 0.2) is 11.6 Å². The average molecular weight is 346 g/mol. The van der Waals surface area contributed by atoms with E-state index in [0.29, 0.717) is 44.5 Å². The van der Waals surface area contributed by atoms with Gasteiger partial charge in [0.05, 0.1) is 12.5 Å². The van der Waals surface area contributed by atoms with Gasteiger partial charge in [0, 0.05) is 46.4 Å². The highest BCUT2D eigenvalue weighted by Gasteiger charge is 2.24. The van der Waals surface area contributed by atoms with E-state index in [9.17, 15) is 4.79 Å². The summed E-state index contributed by atoms with van der Waals surface area (Å²) < 4.78 is 10.2. The number of carbonyl (C=O) groups is 1. The summed E-state index contributed by atoms with van der Waals surface area (Å²) in [4.78, 5) is 20.7. The average Bonchev–Trinajstić information content (AvgIpc) is 3.20. The van der Waals surface area contributed by atoms with E-state index in [4.69, 9.17) is 9.15 Å². The van der Waals surface area contributed by atoms with Crippen LogP contribution in [0.5, 0.6) is 0 Å². The minimum Gasteiger partial charge on any atom is -0.459 e. The van der Waals surface area contributed by atoms with E-state index in [0.717, 1.165) is 18.8 Å². The molecule has 134 valence electrons. The lowest BCUT2D eigenvalue weighted by Gasteiger charge is -2.34. The lowest BCUT2D eigenvalue weighted by molar-refractivity contribution is 0.0714. The third-order valence-corrected chi connectivity index (χ3v) is 3.98. The number of ether oxygens (including phenoxy) is 1. The number of piperazine rings is 1. The summed E-state index contributed by atoms with van der Waals surface area (Å²) in [7, 11) is 1.68. The Bertz CT molecular complexity index is 670. The zero-order valence-electron chi connectivity index (χ0n) is 14.2. The van der Waals surface area contributed by atoms with Crippen molar-refractivity contribution in [2.24, 2.45) is 0 Å². The summed E-state index contributed by atoms with van der Waals surface area (Å²) in [6, 6.07) is 3.40. The Hall–Kier alpha value is -2.68. The molecule has 1 N–H and O–H groups in total. The Labute approximate surface area is 146 Å². The van der Waals surface area contributed by atoms with E-state index in [1.54, 1.807) is 30.3 Å². The molecule has 9 nitrogen and oxygen atoms in total. The maximum absolute atomic E-state index is 12.3. The van der Waals surface area contributed by atoms with Crippen LogP contribution < -0.4 is 10.2 Å². The number of carbonyl (C=O) groups excluding carboxylic acids is 1. The minimum atomic E-state index is -0.0778. The zero-order valence-corrected chi connectivity index (χ0v) is 14.2. The molecule has 0 aliphatic carbocycles. The number of hydrogen-bond donors (Lipinski definition) is 1. The van der Waals surface area contributed by atoms with Crippen molar-refractivity contribution in [1.82, 2.24) is 20.1 Å². The molecule has 0 spiro atoms. The van der Waals surface area contributed by atoms with Crippen LogP contribution in [0.25, 0.3) is 0 Å². The van der Waals surface area contributed by atoms with Gasteiger partial charge in [0.25, 0.3) is 5.91 Å². The topological polar surface area (TPSA) is 96.6 Å².